The predicted octanol–water partition coefficient (Wildman–Crippen LogP) is 1.80. The largest absolute Gasteiger partial charge is 0.348 e. The molecule has 2 N–H and O–H groups in total. The highest BCUT2D eigenvalue weighted by Crippen LogP contribution is 2.26. The second-order valence-electron chi connectivity index (χ2n) is 3.24. The Kier molecular flexibility index (Phi) is 5.33. The fourth-order valence-corrected chi connectivity index (χ4v) is 2.24. The molecule has 1 amide bonds. The molecule has 0 aliphatic carbocycles. The lowest BCUT2D eigenvalue weighted by Crippen LogP contribution is -2.35. The van der Waals surface area contributed by atoms with Crippen LogP contribution in [0.5, 0.6) is 0 Å². The highest BCUT2D eigenvalue weighted by atomic mass is 35.5. The van der Waals surface area contributed by atoms with Gasteiger partial charge in [0.05, 0.1) is 23.5 Å². The minimum atomic E-state index is -0.0766. The molecule has 0 bridgehead atoms. The Hall–Kier alpha value is -1.02. The Morgan fingerprint density at radius 1 is 1.69 bits per heavy atom. The van der Waals surface area contributed by atoms with Gasteiger partial charge >= 0.3 is 0 Å². The standard InChI is InChI=1S/C11H13ClN2OS/c1-3-6-13-7-11(15)14-8(2)9-4-5-10(12)16-9/h1,4-5,8,13H,6-7H2,2H3,(H,14,15). The van der Waals surface area contributed by atoms with E-state index in [9.17, 15) is 4.79 Å². The van der Waals surface area contributed by atoms with Crippen molar-refractivity contribution in [2.75, 3.05) is 13.1 Å². The third-order valence-corrected chi connectivity index (χ3v) is 3.32. The molecule has 1 rings (SSSR count). The molecule has 0 spiro atoms. The van der Waals surface area contributed by atoms with Gasteiger partial charge in [-0.2, -0.15) is 0 Å². The van der Waals surface area contributed by atoms with E-state index in [0.29, 0.717) is 6.54 Å². The van der Waals surface area contributed by atoms with Gasteiger partial charge < -0.3 is 5.32 Å². The van der Waals surface area contributed by atoms with Gasteiger partial charge in [-0.1, -0.05) is 17.5 Å². The van der Waals surface area contributed by atoms with Crippen molar-refractivity contribution in [1.29, 1.82) is 0 Å². The van der Waals surface area contributed by atoms with E-state index < -0.39 is 0 Å². The molecule has 5 heteroatoms. The summed E-state index contributed by atoms with van der Waals surface area (Å²) in [6, 6.07) is 3.70. The Balaban J connectivity index is 2.37. The van der Waals surface area contributed by atoms with Crippen molar-refractivity contribution in [3.05, 3.63) is 21.3 Å². The molecule has 0 saturated heterocycles. The van der Waals surface area contributed by atoms with E-state index in [0.717, 1.165) is 9.21 Å². The SMILES string of the molecule is C#CCNCC(=O)NC(C)c1ccc(Cl)s1. The summed E-state index contributed by atoms with van der Waals surface area (Å²) >= 11 is 7.28. The molecule has 1 aromatic rings. The fraction of sp³-hybridized carbons (Fsp3) is 0.364. The van der Waals surface area contributed by atoms with E-state index in [2.05, 4.69) is 16.6 Å². The van der Waals surface area contributed by atoms with E-state index >= 15 is 0 Å². The van der Waals surface area contributed by atoms with Gasteiger partial charge in [0.25, 0.3) is 0 Å². The van der Waals surface area contributed by atoms with Crippen molar-refractivity contribution >= 4 is 28.8 Å². The highest BCUT2D eigenvalue weighted by molar-refractivity contribution is 7.16. The first-order valence-electron chi connectivity index (χ1n) is 4.82. The third-order valence-electron chi connectivity index (χ3n) is 1.91. The van der Waals surface area contributed by atoms with Crippen LogP contribution < -0.4 is 10.6 Å². The highest BCUT2D eigenvalue weighted by Gasteiger charge is 2.10. The lowest BCUT2D eigenvalue weighted by atomic mass is 10.3. The molecule has 86 valence electrons. The quantitative estimate of drug-likeness (QED) is 0.623. The average Bonchev–Trinajstić information content (AvgIpc) is 2.65. The Labute approximate surface area is 104 Å². The lowest BCUT2D eigenvalue weighted by molar-refractivity contribution is -0.120. The smallest absolute Gasteiger partial charge is 0.234 e. The van der Waals surface area contributed by atoms with Crippen LogP contribution >= 0.6 is 22.9 Å². The van der Waals surface area contributed by atoms with Gasteiger partial charge in [-0.25, -0.2) is 0 Å². The van der Waals surface area contributed by atoms with Crippen LogP contribution in [-0.2, 0) is 4.79 Å². The summed E-state index contributed by atoms with van der Waals surface area (Å²) in [6.07, 6.45) is 5.05. The molecule has 1 heterocycles. The van der Waals surface area contributed by atoms with Crippen LogP contribution in [0.4, 0.5) is 0 Å². The van der Waals surface area contributed by atoms with Gasteiger partial charge in [0.2, 0.25) is 5.91 Å². The van der Waals surface area contributed by atoms with Crippen LogP contribution in [0.15, 0.2) is 12.1 Å². The Morgan fingerprint density at radius 2 is 2.44 bits per heavy atom. The summed E-state index contributed by atoms with van der Waals surface area (Å²) in [7, 11) is 0. The molecule has 0 saturated carbocycles. The summed E-state index contributed by atoms with van der Waals surface area (Å²) in [5.74, 6) is 2.33. The first-order chi connectivity index (χ1) is 7.63. The number of hydrogen-bond acceptors (Lipinski definition) is 3. The van der Waals surface area contributed by atoms with Crippen LogP contribution in [0, 0.1) is 12.3 Å². The van der Waals surface area contributed by atoms with Crippen molar-refractivity contribution in [2.24, 2.45) is 0 Å². The zero-order valence-electron chi connectivity index (χ0n) is 8.92. The zero-order chi connectivity index (χ0) is 12.0. The molecule has 0 aromatic carbocycles. The van der Waals surface area contributed by atoms with Gasteiger partial charge in [-0.15, -0.1) is 17.8 Å². The number of carbonyl (C=O) groups excluding carboxylic acids is 1. The molecule has 1 atom stereocenters. The molecular weight excluding hydrogens is 244 g/mol. The summed E-state index contributed by atoms with van der Waals surface area (Å²) in [4.78, 5) is 12.5. The minimum Gasteiger partial charge on any atom is -0.348 e. The molecule has 3 nitrogen and oxygen atoms in total. The predicted molar refractivity (Wildman–Crippen MR) is 67.6 cm³/mol. The second-order valence-corrected chi connectivity index (χ2v) is 4.99. The number of nitrogens with one attached hydrogen (secondary N) is 2. The normalized spacial score (nSPS) is 11.8. The van der Waals surface area contributed by atoms with E-state index in [1.807, 2.05) is 19.1 Å². The molecule has 0 fully saturated rings. The monoisotopic (exact) mass is 256 g/mol. The second kappa shape index (κ2) is 6.54. The van der Waals surface area contributed by atoms with Crippen molar-refractivity contribution in [2.45, 2.75) is 13.0 Å². The van der Waals surface area contributed by atoms with E-state index in [1.165, 1.54) is 11.3 Å². The summed E-state index contributed by atoms with van der Waals surface area (Å²) in [5.41, 5.74) is 0. The number of amides is 1. The maximum absolute atomic E-state index is 11.4. The minimum absolute atomic E-state index is 0.0300. The van der Waals surface area contributed by atoms with Gasteiger partial charge in [-0.05, 0) is 19.1 Å². The van der Waals surface area contributed by atoms with Gasteiger partial charge in [0, 0.05) is 4.88 Å². The van der Waals surface area contributed by atoms with E-state index in [-0.39, 0.29) is 18.5 Å². The fourth-order valence-electron chi connectivity index (χ4n) is 1.17. The number of thiophene rings is 1. The molecule has 0 aliphatic rings. The van der Waals surface area contributed by atoms with Crippen LogP contribution in [0.3, 0.4) is 0 Å². The first-order valence-corrected chi connectivity index (χ1v) is 6.01. The van der Waals surface area contributed by atoms with Crippen molar-refractivity contribution < 1.29 is 4.79 Å². The average molecular weight is 257 g/mol. The van der Waals surface area contributed by atoms with Crippen molar-refractivity contribution in [1.82, 2.24) is 10.6 Å². The molecule has 0 radical (unpaired) electrons. The van der Waals surface area contributed by atoms with E-state index in [4.69, 9.17) is 18.0 Å². The molecule has 0 aliphatic heterocycles. The van der Waals surface area contributed by atoms with E-state index in [1.54, 1.807) is 0 Å². The van der Waals surface area contributed by atoms with Crippen molar-refractivity contribution in [3.63, 3.8) is 0 Å². The third kappa shape index (κ3) is 4.23. The van der Waals surface area contributed by atoms with Crippen LogP contribution in [0.2, 0.25) is 4.34 Å². The molecule has 16 heavy (non-hydrogen) atoms. The number of hydrogen-bond donors (Lipinski definition) is 2. The topological polar surface area (TPSA) is 41.1 Å². The number of terminal acetylenes is 1. The van der Waals surface area contributed by atoms with Crippen molar-refractivity contribution in [3.8, 4) is 12.3 Å². The molecule has 1 unspecified atom stereocenters. The zero-order valence-corrected chi connectivity index (χ0v) is 10.5. The van der Waals surface area contributed by atoms with Crippen LogP contribution in [0.25, 0.3) is 0 Å². The Bertz CT molecular complexity index is 397. The van der Waals surface area contributed by atoms with Gasteiger partial charge in [0.15, 0.2) is 0 Å². The maximum atomic E-state index is 11.4. The first kappa shape index (κ1) is 13.0. The summed E-state index contributed by atoms with van der Waals surface area (Å²) in [6.45, 7) is 2.54. The summed E-state index contributed by atoms with van der Waals surface area (Å²) < 4.78 is 0.724. The molecule has 1 aromatic heterocycles. The number of carbonyl (C=O) groups is 1. The number of halogens is 1. The summed E-state index contributed by atoms with van der Waals surface area (Å²) in [5, 5.41) is 5.68. The van der Waals surface area contributed by atoms with Crippen LogP contribution in [-0.4, -0.2) is 19.0 Å². The lowest BCUT2D eigenvalue weighted by Gasteiger charge is -2.11. The number of rotatable bonds is 5. The maximum Gasteiger partial charge on any atom is 0.234 e. The Morgan fingerprint density at radius 3 is 3.00 bits per heavy atom. The molecular formula is C11H13ClN2OS. The van der Waals surface area contributed by atoms with Crippen LogP contribution in [0.1, 0.15) is 17.8 Å². The van der Waals surface area contributed by atoms with Gasteiger partial charge in [-0.3, -0.25) is 10.1 Å². The van der Waals surface area contributed by atoms with Gasteiger partial charge in [0.1, 0.15) is 0 Å².